The summed E-state index contributed by atoms with van der Waals surface area (Å²) in [5.41, 5.74) is 0.516. The van der Waals surface area contributed by atoms with Crippen LogP contribution in [0.2, 0.25) is 0 Å². The van der Waals surface area contributed by atoms with E-state index in [4.69, 9.17) is 4.84 Å². The Bertz CT molecular complexity index is 481. The molecule has 2 saturated carbocycles. The third kappa shape index (κ3) is 5.72. The quantitative estimate of drug-likeness (QED) is 0.577. The van der Waals surface area contributed by atoms with Crippen LogP contribution >= 0.6 is 0 Å². The minimum Gasteiger partial charge on any atom is -0.342 e. The summed E-state index contributed by atoms with van der Waals surface area (Å²) >= 11 is 0. The van der Waals surface area contributed by atoms with Gasteiger partial charge < -0.3 is 4.90 Å². The van der Waals surface area contributed by atoms with Crippen LogP contribution in [0.5, 0.6) is 0 Å². The summed E-state index contributed by atoms with van der Waals surface area (Å²) in [5.74, 6) is 2.19. The zero-order valence-electron chi connectivity index (χ0n) is 18.9. The van der Waals surface area contributed by atoms with Gasteiger partial charge in [0.2, 0.25) is 5.91 Å². The first-order valence-electron chi connectivity index (χ1n) is 12.1. The van der Waals surface area contributed by atoms with Crippen molar-refractivity contribution >= 4 is 5.91 Å². The van der Waals surface area contributed by atoms with Crippen molar-refractivity contribution in [3.63, 3.8) is 0 Å². The van der Waals surface area contributed by atoms with Crippen molar-refractivity contribution in [3.8, 4) is 0 Å². The van der Waals surface area contributed by atoms with Gasteiger partial charge in [0.25, 0.3) is 0 Å². The van der Waals surface area contributed by atoms with E-state index in [9.17, 15) is 4.79 Å². The number of carbonyl (C=O) groups excluding carboxylic acids is 1. The van der Waals surface area contributed by atoms with Gasteiger partial charge in [-0.2, -0.15) is 5.06 Å². The van der Waals surface area contributed by atoms with Crippen molar-refractivity contribution < 1.29 is 9.63 Å². The number of carbonyl (C=O) groups is 1. The van der Waals surface area contributed by atoms with E-state index >= 15 is 0 Å². The fourth-order valence-corrected chi connectivity index (χ4v) is 5.85. The minimum absolute atomic E-state index is 0.136. The van der Waals surface area contributed by atoms with E-state index in [1.54, 1.807) is 0 Å². The molecule has 1 amide bonds. The molecule has 3 aliphatic rings. The van der Waals surface area contributed by atoms with Gasteiger partial charge in [-0.1, -0.05) is 27.2 Å². The monoisotopic (exact) mass is 392 g/mol. The molecule has 162 valence electrons. The number of amides is 1. The Morgan fingerprint density at radius 1 is 1.00 bits per heavy atom. The Kier molecular flexibility index (Phi) is 7.83. The molecule has 4 heteroatoms. The van der Waals surface area contributed by atoms with Crippen molar-refractivity contribution in [3.05, 3.63) is 0 Å². The van der Waals surface area contributed by atoms with E-state index in [0.29, 0.717) is 17.4 Å². The van der Waals surface area contributed by atoms with Gasteiger partial charge in [-0.05, 0) is 81.5 Å². The molecule has 1 heterocycles. The first-order chi connectivity index (χ1) is 13.4. The maximum Gasteiger partial charge on any atom is 0.225 e. The van der Waals surface area contributed by atoms with Gasteiger partial charge in [-0.3, -0.25) is 9.63 Å². The van der Waals surface area contributed by atoms with Crippen LogP contribution in [-0.2, 0) is 9.63 Å². The SMILES string of the molecule is CCC1CCC(ON(C)CC2CCC3(CC2)CCN(C(=O)C(C)C)CC3)CC1. The predicted molar refractivity (Wildman–Crippen MR) is 115 cm³/mol. The second kappa shape index (κ2) is 9.93. The Labute approximate surface area is 173 Å². The number of hydroxylamine groups is 2. The Balaban J connectivity index is 1.36. The number of hydrogen-bond acceptors (Lipinski definition) is 3. The molecular weight excluding hydrogens is 348 g/mol. The van der Waals surface area contributed by atoms with Gasteiger partial charge in [-0.25, -0.2) is 0 Å². The number of rotatable bonds is 6. The summed E-state index contributed by atoms with van der Waals surface area (Å²) in [6, 6.07) is 0. The number of piperidine rings is 1. The summed E-state index contributed by atoms with van der Waals surface area (Å²) in [4.78, 5) is 20.6. The van der Waals surface area contributed by atoms with Gasteiger partial charge in [0, 0.05) is 32.6 Å². The molecule has 1 aliphatic heterocycles. The van der Waals surface area contributed by atoms with E-state index in [1.807, 2.05) is 13.8 Å². The Morgan fingerprint density at radius 3 is 2.14 bits per heavy atom. The predicted octanol–water partition coefficient (Wildman–Crippen LogP) is 5.27. The zero-order chi connectivity index (χ0) is 20.1. The Hall–Kier alpha value is -0.610. The highest BCUT2D eigenvalue weighted by Gasteiger charge is 2.39. The van der Waals surface area contributed by atoms with Crippen LogP contribution in [0.1, 0.15) is 91.4 Å². The van der Waals surface area contributed by atoms with Gasteiger partial charge >= 0.3 is 0 Å². The zero-order valence-corrected chi connectivity index (χ0v) is 18.9. The smallest absolute Gasteiger partial charge is 0.225 e. The third-order valence-corrected chi connectivity index (χ3v) is 8.01. The molecule has 28 heavy (non-hydrogen) atoms. The second-order valence-corrected chi connectivity index (χ2v) is 10.4. The van der Waals surface area contributed by atoms with Crippen molar-refractivity contribution in [2.24, 2.45) is 23.2 Å². The first kappa shape index (κ1) is 22.1. The lowest BCUT2D eigenvalue weighted by molar-refractivity contribution is -0.199. The van der Waals surface area contributed by atoms with Crippen LogP contribution in [0.25, 0.3) is 0 Å². The summed E-state index contributed by atoms with van der Waals surface area (Å²) in [6.45, 7) is 9.40. The van der Waals surface area contributed by atoms with Gasteiger partial charge in [0.05, 0.1) is 6.10 Å². The lowest BCUT2D eigenvalue weighted by Crippen LogP contribution is -2.46. The van der Waals surface area contributed by atoms with Crippen LogP contribution in [0.15, 0.2) is 0 Å². The molecule has 1 saturated heterocycles. The lowest BCUT2D eigenvalue weighted by atomic mass is 9.65. The maximum absolute atomic E-state index is 12.2. The van der Waals surface area contributed by atoms with E-state index in [0.717, 1.165) is 31.5 Å². The summed E-state index contributed by atoms with van der Waals surface area (Å²) in [5, 5.41) is 2.16. The van der Waals surface area contributed by atoms with Gasteiger partial charge in [-0.15, -0.1) is 0 Å². The van der Waals surface area contributed by atoms with Crippen molar-refractivity contribution in [2.45, 2.75) is 97.5 Å². The maximum atomic E-state index is 12.2. The Morgan fingerprint density at radius 2 is 1.61 bits per heavy atom. The molecule has 0 atom stereocenters. The second-order valence-electron chi connectivity index (χ2n) is 10.4. The van der Waals surface area contributed by atoms with Crippen molar-refractivity contribution in [2.75, 3.05) is 26.7 Å². The largest absolute Gasteiger partial charge is 0.342 e. The highest BCUT2D eigenvalue weighted by molar-refractivity contribution is 5.78. The average molecular weight is 393 g/mol. The van der Waals surface area contributed by atoms with E-state index in [-0.39, 0.29) is 5.92 Å². The molecule has 3 fully saturated rings. The molecule has 3 rings (SSSR count). The van der Waals surface area contributed by atoms with Gasteiger partial charge in [0.1, 0.15) is 0 Å². The molecule has 4 nitrogen and oxygen atoms in total. The highest BCUT2D eigenvalue weighted by atomic mass is 16.7. The van der Waals surface area contributed by atoms with Crippen LogP contribution < -0.4 is 0 Å². The van der Waals surface area contributed by atoms with Crippen LogP contribution in [-0.4, -0.2) is 48.7 Å². The molecule has 0 N–H and O–H groups in total. The molecule has 2 aliphatic carbocycles. The standard InChI is InChI=1S/C24H44N2O2/c1-5-20-6-8-22(9-7-20)28-25(4)18-21-10-12-24(13-11-21)14-16-26(17-15-24)23(27)19(2)3/h19-22H,5-18H2,1-4H3. The molecule has 1 spiro atoms. The fraction of sp³-hybridized carbons (Fsp3) is 0.958. The number of hydrogen-bond donors (Lipinski definition) is 0. The summed E-state index contributed by atoms with van der Waals surface area (Å²) < 4.78 is 0. The van der Waals surface area contributed by atoms with Crippen LogP contribution in [0.3, 0.4) is 0 Å². The van der Waals surface area contributed by atoms with Crippen LogP contribution in [0, 0.1) is 23.2 Å². The highest BCUT2D eigenvalue weighted by Crippen LogP contribution is 2.46. The van der Waals surface area contributed by atoms with Crippen molar-refractivity contribution in [1.82, 2.24) is 9.96 Å². The molecule has 0 bridgehead atoms. The summed E-state index contributed by atoms with van der Waals surface area (Å²) in [6.07, 6.45) is 14.7. The number of nitrogens with zero attached hydrogens (tertiary/aromatic N) is 2. The minimum atomic E-state index is 0.136. The van der Waals surface area contributed by atoms with Crippen LogP contribution in [0.4, 0.5) is 0 Å². The number of likely N-dealkylation sites (tertiary alicyclic amines) is 1. The van der Waals surface area contributed by atoms with E-state index in [1.165, 1.54) is 70.6 Å². The normalized spacial score (nSPS) is 29.0. The third-order valence-electron chi connectivity index (χ3n) is 8.01. The van der Waals surface area contributed by atoms with Crippen molar-refractivity contribution in [1.29, 1.82) is 0 Å². The molecule has 0 radical (unpaired) electrons. The van der Waals surface area contributed by atoms with Gasteiger partial charge in [0.15, 0.2) is 0 Å². The summed E-state index contributed by atoms with van der Waals surface area (Å²) in [7, 11) is 2.15. The molecule has 0 unspecified atom stereocenters. The molecular formula is C24H44N2O2. The molecule has 0 aromatic heterocycles. The van der Waals surface area contributed by atoms with E-state index in [2.05, 4.69) is 23.9 Å². The topological polar surface area (TPSA) is 32.8 Å². The fourth-order valence-electron chi connectivity index (χ4n) is 5.85. The average Bonchev–Trinajstić information content (AvgIpc) is 2.70. The first-order valence-corrected chi connectivity index (χ1v) is 12.1. The van der Waals surface area contributed by atoms with E-state index < -0.39 is 0 Å². The lowest BCUT2D eigenvalue weighted by Gasteiger charge is -2.46. The molecule has 0 aromatic carbocycles. The molecule has 0 aromatic rings.